The van der Waals surface area contributed by atoms with Crippen molar-refractivity contribution in [2.75, 3.05) is 13.1 Å². The highest BCUT2D eigenvalue weighted by atomic mass is 16.2. The maximum absolute atomic E-state index is 12.0. The lowest BCUT2D eigenvalue weighted by Crippen LogP contribution is -2.34. The van der Waals surface area contributed by atoms with Crippen LogP contribution in [0.5, 0.6) is 0 Å². The first-order chi connectivity index (χ1) is 12.1. The first kappa shape index (κ1) is 18.7. The van der Waals surface area contributed by atoms with Gasteiger partial charge >= 0.3 is 0 Å². The van der Waals surface area contributed by atoms with Crippen molar-refractivity contribution in [3.8, 4) is 0 Å². The summed E-state index contributed by atoms with van der Waals surface area (Å²) in [5.74, 6) is -0.0120. The lowest BCUT2D eigenvalue weighted by Gasteiger charge is -2.20. The number of hydrogen-bond donors (Lipinski definition) is 1. The average Bonchev–Trinajstić information content (AvgIpc) is 2.64. The summed E-state index contributed by atoms with van der Waals surface area (Å²) in [7, 11) is 0. The molecule has 0 saturated heterocycles. The maximum atomic E-state index is 12.0. The van der Waals surface area contributed by atoms with Gasteiger partial charge < -0.3 is 10.2 Å². The zero-order valence-corrected chi connectivity index (χ0v) is 14.8. The molecule has 0 saturated carbocycles. The van der Waals surface area contributed by atoms with Crippen molar-refractivity contribution in [2.24, 2.45) is 0 Å². The molecule has 0 aliphatic rings. The van der Waals surface area contributed by atoms with E-state index in [-0.39, 0.29) is 11.8 Å². The number of nitrogens with one attached hydrogen (secondary N) is 1. The second-order valence-corrected chi connectivity index (χ2v) is 6.11. The molecule has 0 aliphatic carbocycles. The highest BCUT2D eigenvalue weighted by Crippen LogP contribution is 2.05. The van der Waals surface area contributed by atoms with E-state index in [1.165, 1.54) is 5.56 Å². The third-order valence-electron chi connectivity index (χ3n) is 4.12. The highest BCUT2D eigenvalue weighted by molar-refractivity contribution is 5.78. The van der Waals surface area contributed by atoms with Crippen molar-refractivity contribution in [1.29, 1.82) is 0 Å². The van der Waals surface area contributed by atoms with E-state index in [0.717, 1.165) is 18.4 Å². The molecule has 2 aromatic rings. The number of benzene rings is 2. The fourth-order valence-corrected chi connectivity index (χ4v) is 2.67. The highest BCUT2D eigenvalue weighted by Gasteiger charge is 2.11. The maximum Gasteiger partial charge on any atom is 0.222 e. The van der Waals surface area contributed by atoms with Crippen LogP contribution in [0.3, 0.4) is 0 Å². The van der Waals surface area contributed by atoms with Crippen molar-refractivity contribution in [3.63, 3.8) is 0 Å². The molecule has 0 spiro atoms. The molecule has 0 heterocycles. The van der Waals surface area contributed by atoms with E-state index < -0.39 is 0 Å². The first-order valence-corrected chi connectivity index (χ1v) is 8.75. The van der Waals surface area contributed by atoms with Gasteiger partial charge in [-0.1, -0.05) is 60.7 Å². The molecular weight excluding hydrogens is 312 g/mol. The second-order valence-electron chi connectivity index (χ2n) is 6.11. The molecule has 1 N–H and O–H groups in total. The predicted molar refractivity (Wildman–Crippen MR) is 99.9 cm³/mol. The Bertz CT molecular complexity index is 656. The summed E-state index contributed by atoms with van der Waals surface area (Å²) in [4.78, 5) is 25.5. The molecule has 132 valence electrons. The Kier molecular flexibility index (Phi) is 7.70. The van der Waals surface area contributed by atoms with Gasteiger partial charge in [-0.3, -0.25) is 9.59 Å². The van der Waals surface area contributed by atoms with E-state index >= 15 is 0 Å². The molecule has 4 heteroatoms. The molecule has 2 amide bonds. The van der Waals surface area contributed by atoms with Crippen LogP contribution in [0, 0.1) is 0 Å². The number of hydrogen-bond acceptors (Lipinski definition) is 2. The lowest BCUT2D eigenvalue weighted by atomic mass is 10.1. The monoisotopic (exact) mass is 338 g/mol. The van der Waals surface area contributed by atoms with Gasteiger partial charge in [0.15, 0.2) is 0 Å². The number of rotatable bonds is 9. The van der Waals surface area contributed by atoms with Gasteiger partial charge in [0, 0.05) is 33.0 Å². The third kappa shape index (κ3) is 7.21. The quantitative estimate of drug-likeness (QED) is 0.763. The van der Waals surface area contributed by atoms with E-state index in [2.05, 4.69) is 17.4 Å². The predicted octanol–water partition coefficient (Wildman–Crippen LogP) is 3.17. The molecule has 2 aromatic carbocycles. The number of aryl methyl sites for hydroxylation is 1. The minimum absolute atomic E-state index is 0.0175. The molecule has 0 aromatic heterocycles. The van der Waals surface area contributed by atoms with Gasteiger partial charge in [-0.2, -0.15) is 0 Å². The zero-order chi connectivity index (χ0) is 17.9. The number of carbonyl (C=O) groups is 2. The van der Waals surface area contributed by atoms with E-state index in [4.69, 9.17) is 0 Å². The number of amides is 2. The smallest absolute Gasteiger partial charge is 0.222 e. The van der Waals surface area contributed by atoms with Crippen molar-refractivity contribution in [1.82, 2.24) is 10.2 Å². The number of carbonyl (C=O) groups excluding carboxylic acids is 2. The summed E-state index contributed by atoms with van der Waals surface area (Å²) >= 11 is 0. The van der Waals surface area contributed by atoms with Gasteiger partial charge in [-0.05, 0) is 24.0 Å². The summed E-state index contributed by atoms with van der Waals surface area (Å²) in [6.45, 7) is 3.22. The summed E-state index contributed by atoms with van der Waals surface area (Å²) < 4.78 is 0. The molecule has 4 nitrogen and oxygen atoms in total. The van der Waals surface area contributed by atoms with Crippen LogP contribution in [0.15, 0.2) is 60.7 Å². The Balaban J connectivity index is 1.69. The molecule has 0 radical (unpaired) electrons. The summed E-state index contributed by atoms with van der Waals surface area (Å²) in [5.41, 5.74) is 2.34. The average molecular weight is 338 g/mol. The lowest BCUT2D eigenvalue weighted by molar-refractivity contribution is -0.129. The van der Waals surface area contributed by atoms with E-state index in [1.54, 1.807) is 11.8 Å². The van der Waals surface area contributed by atoms with Crippen molar-refractivity contribution in [3.05, 3.63) is 71.8 Å². The van der Waals surface area contributed by atoms with Crippen molar-refractivity contribution >= 4 is 11.8 Å². The van der Waals surface area contributed by atoms with Crippen LogP contribution in [0.25, 0.3) is 0 Å². The SMILES string of the molecule is CC(=O)N(CCCc1ccccc1)CCC(=O)NCc1ccccc1. The summed E-state index contributed by atoms with van der Waals surface area (Å²) in [5, 5.41) is 2.90. The van der Waals surface area contributed by atoms with Gasteiger partial charge in [-0.25, -0.2) is 0 Å². The largest absolute Gasteiger partial charge is 0.352 e. The molecular formula is C21H26N2O2. The third-order valence-corrected chi connectivity index (χ3v) is 4.12. The van der Waals surface area contributed by atoms with Crippen LogP contribution in [-0.4, -0.2) is 29.8 Å². The Labute approximate surface area is 149 Å². The molecule has 2 rings (SSSR count). The van der Waals surface area contributed by atoms with Crippen LogP contribution >= 0.6 is 0 Å². The fourth-order valence-electron chi connectivity index (χ4n) is 2.67. The minimum Gasteiger partial charge on any atom is -0.352 e. The van der Waals surface area contributed by atoms with E-state index in [9.17, 15) is 9.59 Å². The van der Waals surface area contributed by atoms with Gasteiger partial charge in [0.05, 0.1) is 0 Å². The van der Waals surface area contributed by atoms with Crippen LogP contribution in [-0.2, 0) is 22.6 Å². The topological polar surface area (TPSA) is 49.4 Å². The van der Waals surface area contributed by atoms with Gasteiger partial charge in [0.1, 0.15) is 0 Å². The molecule has 25 heavy (non-hydrogen) atoms. The van der Waals surface area contributed by atoms with Crippen LogP contribution < -0.4 is 5.32 Å². The Morgan fingerprint density at radius 2 is 1.48 bits per heavy atom. The van der Waals surface area contributed by atoms with Crippen LogP contribution in [0.2, 0.25) is 0 Å². The fraction of sp³-hybridized carbons (Fsp3) is 0.333. The summed E-state index contributed by atoms with van der Waals surface area (Å²) in [6, 6.07) is 20.0. The molecule has 0 unspecified atom stereocenters. The van der Waals surface area contributed by atoms with Crippen LogP contribution in [0.4, 0.5) is 0 Å². The van der Waals surface area contributed by atoms with Crippen molar-refractivity contribution < 1.29 is 9.59 Å². The van der Waals surface area contributed by atoms with Gasteiger partial charge in [0.2, 0.25) is 11.8 Å². The normalized spacial score (nSPS) is 10.3. The standard InChI is InChI=1S/C21H26N2O2/c1-18(24)23(15-8-13-19-9-4-2-5-10-19)16-14-21(25)22-17-20-11-6-3-7-12-20/h2-7,9-12H,8,13-17H2,1H3,(H,22,25). The van der Waals surface area contributed by atoms with Gasteiger partial charge in [0.25, 0.3) is 0 Å². The second kappa shape index (κ2) is 10.3. The van der Waals surface area contributed by atoms with Crippen LogP contribution in [0.1, 0.15) is 30.9 Å². The Hall–Kier alpha value is -2.62. The summed E-state index contributed by atoms with van der Waals surface area (Å²) in [6.07, 6.45) is 2.16. The zero-order valence-electron chi connectivity index (χ0n) is 14.8. The molecule has 0 aliphatic heterocycles. The van der Waals surface area contributed by atoms with Crippen molar-refractivity contribution in [2.45, 2.75) is 32.7 Å². The first-order valence-electron chi connectivity index (χ1n) is 8.75. The van der Waals surface area contributed by atoms with E-state index in [1.807, 2.05) is 48.5 Å². The molecule has 0 fully saturated rings. The van der Waals surface area contributed by atoms with E-state index in [0.29, 0.717) is 26.1 Å². The Morgan fingerprint density at radius 3 is 2.08 bits per heavy atom. The molecule has 0 atom stereocenters. The van der Waals surface area contributed by atoms with Gasteiger partial charge in [-0.15, -0.1) is 0 Å². The Morgan fingerprint density at radius 1 is 0.880 bits per heavy atom. The minimum atomic E-state index is -0.0295. The number of nitrogens with zero attached hydrogens (tertiary/aromatic N) is 1. The molecule has 0 bridgehead atoms.